The average molecular weight is 284 g/mol. The Hall–Kier alpha value is -0.710. The lowest BCUT2D eigenvalue weighted by atomic mass is 9.50. The molecule has 2 unspecified atom stereocenters. The van der Waals surface area contributed by atoms with Gasteiger partial charge in [0.25, 0.3) is 0 Å². The van der Waals surface area contributed by atoms with E-state index < -0.39 is 11.8 Å². The van der Waals surface area contributed by atoms with Crippen molar-refractivity contribution in [3.8, 4) is 0 Å². The number of hydrogen-bond acceptors (Lipinski definition) is 2. The van der Waals surface area contributed by atoms with Crippen molar-refractivity contribution < 1.29 is 13.6 Å². The lowest BCUT2D eigenvalue weighted by Crippen LogP contribution is -2.69. The van der Waals surface area contributed by atoms with Gasteiger partial charge in [0, 0.05) is 29.8 Å². The summed E-state index contributed by atoms with van der Waals surface area (Å²) in [4.78, 5) is 12.2. The molecular weight excluding hydrogens is 262 g/mol. The Kier molecular flexibility index (Phi) is 2.42. The Morgan fingerprint density at radius 2 is 1.65 bits per heavy atom. The molecule has 0 aromatic carbocycles. The molecule has 5 heteroatoms. The highest BCUT2D eigenvalue weighted by molar-refractivity contribution is 5.80. The zero-order chi connectivity index (χ0) is 14.2. The third kappa shape index (κ3) is 1.97. The summed E-state index contributed by atoms with van der Waals surface area (Å²) < 4.78 is 25.8. The van der Waals surface area contributed by atoms with E-state index in [4.69, 9.17) is 5.73 Å². The largest absolute Gasteiger partial charge is 0.350 e. The number of amides is 1. The van der Waals surface area contributed by atoms with Crippen LogP contribution in [0.2, 0.25) is 0 Å². The topological polar surface area (TPSA) is 55.1 Å². The summed E-state index contributed by atoms with van der Waals surface area (Å²) >= 11 is 0. The van der Waals surface area contributed by atoms with E-state index >= 15 is 0 Å². The van der Waals surface area contributed by atoms with Gasteiger partial charge in [-0.1, -0.05) is 0 Å². The first-order valence-corrected chi connectivity index (χ1v) is 7.75. The maximum atomic E-state index is 12.9. The minimum atomic E-state index is -2.63. The predicted molar refractivity (Wildman–Crippen MR) is 70.1 cm³/mol. The van der Waals surface area contributed by atoms with Crippen molar-refractivity contribution in [2.24, 2.45) is 23.5 Å². The van der Waals surface area contributed by atoms with Gasteiger partial charge in [-0.3, -0.25) is 4.79 Å². The number of halogens is 2. The second-order valence-electron chi connectivity index (χ2n) is 8.05. The van der Waals surface area contributed by atoms with Gasteiger partial charge in [0.2, 0.25) is 11.8 Å². The summed E-state index contributed by atoms with van der Waals surface area (Å²) in [5.41, 5.74) is 6.16. The molecule has 5 fully saturated rings. The van der Waals surface area contributed by atoms with E-state index in [0.29, 0.717) is 11.8 Å². The van der Waals surface area contributed by atoms with E-state index in [9.17, 15) is 13.6 Å². The highest BCUT2D eigenvalue weighted by Gasteiger charge is 2.58. The molecule has 0 aliphatic heterocycles. The van der Waals surface area contributed by atoms with Crippen molar-refractivity contribution in [3.63, 3.8) is 0 Å². The first kappa shape index (κ1) is 13.0. The molecule has 0 aromatic rings. The van der Waals surface area contributed by atoms with E-state index in [1.54, 1.807) is 0 Å². The minimum Gasteiger partial charge on any atom is -0.350 e. The maximum Gasteiger partial charge on any atom is 0.249 e. The molecule has 0 heterocycles. The van der Waals surface area contributed by atoms with Crippen LogP contribution in [-0.2, 0) is 4.79 Å². The van der Waals surface area contributed by atoms with Crippen molar-refractivity contribution >= 4 is 5.91 Å². The van der Waals surface area contributed by atoms with E-state index in [-0.39, 0.29) is 29.8 Å². The first-order chi connectivity index (χ1) is 9.27. The Balaban J connectivity index is 1.47. The summed E-state index contributed by atoms with van der Waals surface area (Å²) in [6, 6.07) is 0. The zero-order valence-electron chi connectivity index (χ0n) is 11.6. The van der Waals surface area contributed by atoms with Gasteiger partial charge in [-0.25, -0.2) is 8.78 Å². The first-order valence-electron chi connectivity index (χ1n) is 7.75. The molecule has 0 spiro atoms. The number of hydrogen-bond donors (Lipinski definition) is 2. The second kappa shape index (κ2) is 3.73. The SMILES string of the molecule is NC12CC3CC(C1)CC(NC(=O)C1CC(F)(F)C1)(C3)C2. The molecular formula is C15H22F2N2O. The van der Waals surface area contributed by atoms with Gasteiger partial charge in [-0.05, 0) is 50.4 Å². The van der Waals surface area contributed by atoms with Crippen LogP contribution >= 0.6 is 0 Å². The van der Waals surface area contributed by atoms with Crippen LogP contribution in [0, 0.1) is 17.8 Å². The molecule has 4 bridgehead atoms. The maximum absolute atomic E-state index is 12.9. The molecule has 1 amide bonds. The lowest BCUT2D eigenvalue weighted by Gasteiger charge is -2.61. The van der Waals surface area contributed by atoms with Gasteiger partial charge in [-0.15, -0.1) is 0 Å². The van der Waals surface area contributed by atoms with Gasteiger partial charge in [-0.2, -0.15) is 0 Å². The highest BCUT2D eigenvalue weighted by Crippen LogP contribution is 2.56. The average Bonchev–Trinajstić information content (AvgIpc) is 2.20. The van der Waals surface area contributed by atoms with E-state index in [0.717, 1.165) is 32.1 Å². The quantitative estimate of drug-likeness (QED) is 0.816. The molecule has 5 rings (SSSR count). The molecule has 0 saturated heterocycles. The standard InChI is InChI=1S/C15H22F2N2O/c16-15(17)6-11(7-15)12(20)19-14-4-9-1-10(5-14)3-13(18,2-9)8-14/h9-11H,1-8,18H2,(H,19,20). The fourth-order valence-electron chi connectivity index (χ4n) is 5.69. The number of nitrogens with two attached hydrogens (primary N) is 1. The molecule has 0 aromatic heterocycles. The van der Waals surface area contributed by atoms with Crippen LogP contribution in [0.3, 0.4) is 0 Å². The van der Waals surface area contributed by atoms with Crippen LogP contribution in [0.4, 0.5) is 8.78 Å². The molecule has 5 aliphatic rings. The molecule has 5 aliphatic carbocycles. The van der Waals surface area contributed by atoms with Crippen molar-refractivity contribution in [2.75, 3.05) is 0 Å². The van der Waals surface area contributed by atoms with Crippen LogP contribution < -0.4 is 11.1 Å². The van der Waals surface area contributed by atoms with Crippen LogP contribution in [0.1, 0.15) is 51.4 Å². The number of nitrogens with one attached hydrogen (secondary N) is 1. The fraction of sp³-hybridized carbons (Fsp3) is 0.933. The minimum absolute atomic E-state index is 0.124. The Morgan fingerprint density at radius 1 is 1.05 bits per heavy atom. The van der Waals surface area contributed by atoms with Gasteiger partial charge in [0.15, 0.2) is 0 Å². The van der Waals surface area contributed by atoms with E-state index in [1.807, 2.05) is 0 Å². The fourth-order valence-corrected chi connectivity index (χ4v) is 5.69. The Bertz CT molecular complexity index is 443. The van der Waals surface area contributed by atoms with E-state index in [1.165, 1.54) is 6.42 Å². The molecule has 2 atom stereocenters. The van der Waals surface area contributed by atoms with Gasteiger partial charge >= 0.3 is 0 Å². The zero-order valence-corrected chi connectivity index (χ0v) is 11.6. The Morgan fingerprint density at radius 3 is 2.15 bits per heavy atom. The van der Waals surface area contributed by atoms with Gasteiger partial charge in [0.1, 0.15) is 0 Å². The van der Waals surface area contributed by atoms with Gasteiger partial charge in [0.05, 0.1) is 0 Å². The summed E-state index contributed by atoms with van der Waals surface area (Å²) in [7, 11) is 0. The number of carbonyl (C=O) groups is 1. The normalized spacial score (nSPS) is 49.0. The molecule has 112 valence electrons. The molecule has 3 nitrogen and oxygen atoms in total. The Labute approximate surface area is 117 Å². The van der Waals surface area contributed by atoms with Crippen LogP contribution in [0.25, 0.3) is 0 Å². The van der Waals surface area contributed by atoms with Crippen molar-refractivity contribution in [1.82, 2.24) is 5.32 Å². The number of alkyl halides is 2. The highest BCUT2D eigenvalue weighted by atomic mass is 19.3. The third-order valence-electron chi connectivity index (χ3n) is 5.96. The van der Waals surface area contributed by atoms with Crippen molar-refractivity contribution in [2.45, 2.75) is 68.4 Å². The lowest BCUT2D eigenvalue weighted by molar-refractivity contribution is -0.155. The summed E-state index contributed by atoms with van der Waals surface area (Å²) in [5.74, 6) is -2.06. The number of carbonyl (C=O) groups excluding carboxylic acids is 1. The van der Waals surface area contributed by atoms with Crippen LogP contribution in [0.15, 0.2) is 0 Å². The molecule has 3 N–H and O–H groups in total. The molecule has 5 saturated carbocycles. The second-order valence-corrected chi connectivity index (χ2v) is 8.05. The summed E-state index contributed by atoms with van der Waals surface area (Å²) in [5, 5.41) is 3.14. The summed E-state index contributed by atoms with van der Waals surface area (Å²) in [6.07, 6.45) is 5.64. The third-order valence-corrected chi connectivity index (χ3v) is 5.96. The predicted octanol–water partition coefficient (Wildman–Crippen LogP) is 2.20. The molecule has 20 heavy (non-hydrogen) atoms. The monoisotopic (exact) mass is 284 g/mol. The van der Waals surface area contributed by atoms with Crippen molar-refractivity contribution in [3.05, 3.63) is 0 Å². The summed E-state index contributed by atoms with van der Waals surface area (Å²) in [6.45, 7) is 0. The van der Waals surface area contributed by atoms with Crippen LogP contribution in [-0.4, -0.2) is 22.9 Å². The number of rotatable bonds is 2. The van der Waals surface area contributed by atoms with Crippen molar-refractivity contribution in [1.29, 1.82) is 0 Å². The van der Waals surface area contributed by atoms with E-state index in [2.05, 4.69) is 5.32 Å². The van der Waals surface area contributed by atoms with Gasteiger partial charge < -0.3 is 11.1 Å². The van der Waals surface area contributed by atoms with Crippen LogP contribution in [0.5, 0.6) is 0 Å². The molecule has 0 radical (unpaired) electrons. The smallest absolute Gasteiger partial charge is 0.249 e.